The van der Waals surface area contributed by atoms with Crippen LogP contribution in [0.5, 0.6) is 5.75 Å². The molecule has 0 aliphatic carbocycles. The third kappa shape index (κ3) is 4.08. The molecule has 2 N–H and O–H groups in total. The molecule has 0 aromatic heterocycles. The van der Waals surface area contributed by atoms with E-state index in [1.807, 2.05) is 0 Å². The summed E-state index contributed by atoms with van der Waals surface area (Å²) in [6, 6.07) is 4.41. The van der Waals surface area contributed by atoms with Gasteiger partial charge < -0.3 is 15.4 Å². The van der Waals surface area contributed by atoms with Crippen molar-refractivity contribution in [2.45, 2.75) is 12.8 Å². The number of rotatable bonds is 3. The Morgan fingerprint density at radius 2 is 2.32 bits per heavy atom. The number of anilines is 1. The van der Waals surface area contributed by atoms with Crippen molar-refractivity contribution in [1.29, 1.82) is 0 Å². The van der Waals surface area contributed by atoms with Crippen LogP contribution in [0.15, 0.2) is 18.2 Å². The normalized spacial score (nSPS) is 18.3. The predicted octanol–water partition coefficient (Wildman–Crippen LogP) is 2.19. The molecule has 1 aliphatic rings. The summed E-state index contributed by atoms with van der Waals surface area (Å²) >= 11 is 0. The molecule has 0 radical (unpaired) electrons. The summed E-state index contributed by atoms with van der Waals surface area (Å²) in [6.07, 6.45) is 1.87. The Labute approximate surface area is 118 Å². The van der Waals surface area contributed by atoms with Crippen LogP contribution in [0.4, 0.5) is 10.1 Å². The van der Waals surface area contributed by atoms with Gasteiger partial charge in [0.2, 0.25) is 5.91 Å². The Hall–Kier alpha value is -1.33. The van der Waals surface area contributed by atoms with E-state index < -0.39 is 5.82 Å². The van der Waals surface area contributed by atoms with Gasteiger partial charge in [0.05, 0.1) is 13.0 Å². The summed E-state index contributed by atoms with van der Waals surface area (Å²) in [5.74, 6) is -0.403. The highest BCUT2D eigenvalue weighted by atomic mass is 35.5. The molecule has 1 unspecified atom stereocenters. The van der Waals surface area contributed by atoms with E-state index in [9.17, 15) is 9.18 Å². The fraction of sp³-hybridized carbons (Fsp3) is 0.462. The maximum Gasteiger partial charge on any atom is 0.228 e. The molecule has 4 nitrogen and oxygen atoms in total. The van der Waals surface area contributed by atoms with Gasteiger partial charge in [-0.3, -0.25) is 4.79 Å². The first-order chi connectivity index (χ1) is 8.70. The SMILES string of the molecule is COc1ccc(NC(=O)C2CCCNC2)cc1F.Cl. The second kappa shape index (κ2) is 7.31. The maximum atomic E-state index is 13.5. The zero-order valence-electron chi connectivity index (χ0n) is 10.7. The Balaban J connectivity index is 0.00000180. The van der Waals surface area contributed by atoms with E-state index in [4.69, 9.17) is 4.74 Å². The van der Waals surface area contributed by atoms with Crippen LogP contribution in [-0.4, -0.2) is 26.1 Å². The molecule has 106 valence electrons. The average Bonchev–Trinajstić information content (AvgIpc) is 2.40. The van der Waals surface area contributed by atoms with Crippen LogP contribution in [-0.2, 0) is 4.79 Å². The Bertz CT molecular complexity index is 437. The molecule has 1 aromatic rings. The minimum Gasteiger partial charge on any atom is -0.494 e. The zero-order valence-corrected chi connectivity index (χ0v) is 11.6. The van der Waals surface area contributed by atoms with Crippen LogP contribution in [0.3, 0.4) is 0 Å². The predicted molar refractivity (Wildman–Crippen MR) is 74.4 cm³/mol. The number of halogens is 2. The topological polar surface area (TPSA) is 50.4 Å². The molecule has 0 bridgehead atoms. The lowest BCUT2D eigenvalue weighted by Gasteiger charge is -2.21. The number of nitrogens with one attached hydrogen (secondary N) is 2. The van der Waals surface area contributed by atoms with Crippen molar-refractivity contribution in [2.24, 2.45) is 5.92 Å². The maximum absolute atomic E-state index is 13.5. The van der Waals surface area contributed by atoms with Gasteiger partial charge in [0.1, 0.15) is 0 Å². The standard InChI is InChI=1S/C13H17FN2O2.ClH/c1-18-12-5-4-10(7-11(12)14)16-13(17)9-3-2-6-15-8-9;/h4-5,7,9,15H,2-3,6,8H2,1H3,(H,16,17);1H. The van der Waals surface area contributed by atoms with Crippen molar-refractivity contribution in [3.8, 4) is 5.75 Å². The van der Waals surface area contributed by atoms with Crippen molar-refractivity contribution < 1.29 is 13.9 Å². The van der Waals surface area contributed by atoms with E-state index in [-0.39, 0.29) is 30.0 Å². The molecule has 2 rings (SSSR count). The van der Waals surface area contributed by atoms with Gasteiger partial charge in [0, 0.05) is 18.3 Å². The minimum atomic E-state index is -0.475. The number of methoxy groups -OCH3 is 1. The van der Waals surface area contributed by atoms with Crippen LogP contribution in [0, 0.1) is 11.7 Å². The highest BCUT2D eigenvalue weighted by Gasteiger charge is 2.21. The number of carbonyl (C=O) groups excluding carboxylic acids is 1. The van der Waals surface area contributed by atoms with E-state index in [1.54, 1.807) is 6.07 Å². The molecule has 1 fully saturated rings. The molecule has 6 heteroatoms. The van der Waals surface area contributed by atoms with Gasteiger partial charge in [0.15, 0.2) is 11.6 Å². The Morgan fingerprint density at radius 1 is 1.53 bits per heavy atom. The van der Waals surface area contributed by atoms with Crippen molar-refractivity contribution in [3.63, 3.8) is 0 Å². The van der Waals surface area contributed by atoms with Crippen molar-refractivity contribution in [2.75, 3.05) is 25.5 Å². The largest absolute Gasteiger partial charge is 0.494 e. The summed E-state index contributed by atoms with van der Waals surface area (Å²) in [4.78, 5) is 11.9. The Kier molecular flexibility index (Phi) is 6.05. The second-order valence-corrected chi connectivity index (χ2v) is 4.38. The Morgan fingerprint density at radius 3 is 2.89 bits per heavy atom. The summed E-state index contributed by atoms with van der Waals surface area (Å²) in [7, 11) is 1.41. The highest BCUT2D eigenvalue weighted by molar-refractivity contribution is 5.92. The van der Waals surface area contributed by atoms with Crippen molar-refractivity contribution >= 4 is 24.0 Å². The monoisotopic (exact) mass is 288 g/mol. The lowest BCUT2D eigenvalue weighted by atomic mass is 9.99. The van der Waals surface area contributed by atoms with Crippen molar-refractivity contribution in [3.05, 3.63) is 24.0 Å². The molecule has 1 aromatic carbocycles. The molecule has 1 amide bonds. The van der Waals surface area contributed by atoms with Crippen molar-refractivity contribution in [1.82, 2.24) is 5.32 Å². The van der Waals surface area contributed by atoms with Gasteiger partial charge in [-0.05, 0) is 31.5 Å². The van der Waals surface area contributed by atoms with Gasteiger partial charge in [-0.25, -0.2) is 4.39 Å². The van der Waals surface area contributed by atoms with Crippen LogP contribution in [0.25, 0.3) is 0 Å². The summed E-state index contributed by atoms with van der Waals surface area (Å²) < 4.78 is 18.3. The molecule has 1 heterocycles. The number of ether oxygens (including phenoxy) is 1. The number of piperidine rings is 1. The average molecular weight is 289 g/mol. The molecular formula is C13H18ClFN2O2. The first kappa shape index (κ1) is 15.7. The fourth-order valence-corrected chi connectivity index (χ4v) is 2.06. The lowest BCUT2D eigenvalue weighted by molar-refractivity contribution is -0.120. The molecule has 0 saturated carbocycles. The van der Waals surface area contributed by atoms with E-state index in [2.05, 4.69) is 10.6 Å². The van der Waals surface area contributed by atoms with E-state index in [0.29, 0.717) is 12.2 Å². The molecule has 19 heavy (non-hydrogen) atoms. The third-order valence-electron chi connectivity index (χ3n) is 3.09. The molecule has 1 aliphatic heterocycles. The van der Waals surface area contributed by atoms with Gasteiger partial charge in [0.25, 0.3) is 0 Å². The van der Waals surface area contributed by atoms with Gasteiger partial charge in [-0.15, -0.1) is 12.4 Å². The number of carbonyl (C=O) groups is 1. The van der Waals surface area contributed by atoms with Gasteiger partial charge >= 0.3 is 0 Å². The molecule has 0 spiro atoms. The summed E-state index contributed by atoms with van der Waals surface area (Å²) in [5, 5.41) is 5.91. The minimum absolute atomic E-state index is 0. The summed E-state index contributed by atoms with van der Waals surface area (Å²) in [5.41, 5.74) is 0.462. The fourth-order valence-electron chi connectivity index (χ4n) is 2.06. The third-order valence-corrected chi connectivity index (χ3v) is 3.09. The van der Waals surface area contributed by atoms with Gasteiger partial charge in [-0.2, -0.15) is 0 Å². The number of hydrogen-bond acceptors (Lipinski definition) is 3. The molecule has 1 atom stereocenters. The molecular weight excluding hydrogens is 271 g/mol. The first-order valence-corrected chi connectivity index (χ1v) is 6.06. The smallest absolute Gasteiger partial charge is 0.228 e. The molecule has 1 saturated heterocycles. The summed E-state index contributed by atoms with van der Waals surface area (Å²) in [6.45, 7) is 1.64. The lowest BCUT2D eigenvalue weighted by Crippen LogP contribution is -2.37. The quantitative estimate of drug-likeness (QED) is 0.896. The second-order valence-electron chi connectivity index (χ2n) is 4.38. The van der Waals surface area contributed by atoms with Crippen LogP contribution < -0.4 is 15.4 Å². The van der Waals surface area contributed by atoms with Crippen LogP contribution in [0.2, 0.25) is 0 Å². The highest BCUT2D eigenvalue weighted by Crippen LogP contribution is 2.21. The zero-order chi connectivity index (χ0) is 13.0. The number of hydrogen-bond donors (Lipinski definition) is 2. The van der Waals surface area contributed by atoms with Crippen LogP contribution >= 0.6 is 12.4 Å². The number of benzene rings is 1. The van der Waals surface area contributed by atoms with E-state index >= 15 is 0 Å². The van der Waals surface area contributed by atoms with E-state index in [0.717, 1.165) is 19.4 Å². The number of amides is 1. The van der Waals surface area contributed by atoms with E-state index in [1.165, 1.54) is 19.2 Å². The van der Waals surface area contributed by atoms with Gasteiger partial charge in [-0.1, -0.05) is 0 Å². The van der Waals surface area contributed by atoms with Crippen LogP contribution in [0.1, 0.15) is 12.8 Å². The first-order valence-electron chi connectivity index (χ1n) is 6.06.